The average Bonchev–Trinajstić information content (AvgIpc) is 3.01. The zero-order chi connectivity index (χ0) is 18.0. The van der Waals surface area contributed by atoms with Gasteiger partial charge in [-0.1, -0.05) is 11.3 Å². The molecule has 3 aromatic rings. The van der Waals surface area contributed by atoms with Crippen molar-refractivity contribution in [3.8, 4) is 17.2 Å². The van der Waals surface area contributed by atoms with Gasteiger partial charge < -0.3 is 9.47 Å². The van der Waals surface area contributed by atoms with Crippen LogP contribution in [-0.2, 0) is 17.8 Å². The van der Waals surface area contributed by atoms with Crippen LogP contribution in [0.1, 0.15) is 5.56 Å². The Morgan fingerprint density at radius 1 is 1.24 bits per heavy atom. The van der Waals surface area contributed by atoms with E-state index in [4.69, 9.17) is 14.0 Å². The quantitative estimate of drug-likeness (QED) is 0.646. The van der Waals surface area contributed by atoms with Gasteiger partial charge in [0, 0.05) is 18.7 Å². The molecule has 0 amide bonds. The van der Waals surface area contributed by atoms with Crippen LogP contribution in [0.15, 0.2) is 30.3 Å². The maximum Gasteiger partial charge on any atom is 0.232 e. The molecule has 25 heavy (non-hydrogen) atoms. The summed E-state index contributed by atoms with van der Waals surface area (Å²) in [6.45, 7) is 0.0590. The largest absolute Gasteiger partial charge is 0.493 e. The summed E-state index contributed by atoms with van der Waals surface area (Å²) >= 11 is -2.16. The normalized spacial score (nSPS) is 12.3. The first-order valence-corrected chi connectivity index (χ1v) is 8.24. The molecule has 1 atom stereocenters. The molecule has 1 aromatic heterocycles. The highest BCUT2D eigenvalue weighted by atomic mass is 32.2. The first kappa shape index (κ1) is 17.3. The number of nitrogens with one attached hydrogen (secondary N) is 1. The number of ether oxygens (including phenoxy) is 2. The van der Waals surface area contributed by atoms with Crippen LogP contribution in [-0.4, -0.2) is 38.0 Å². The highest BCUT2D eigenvalue weighted by molar-refractivity contribution is 7.77. The molecule has 0 bridgehead atoms. The Bertz CT molecular complexity index is 947. The molecule has 0 saturated carbocycles. The second-order valence-corrected chi connectivity index (χ2v) is 5.84. The van der Waals surface area contributed by atoms with Gasteiger partial charge >= 0.3 is 0 Å². The molecule has 2 aromatic carbocycles. The number of rotatable bonds is 6. The molecule has 0 aliphatic rings. The number of fused-ring (bicyclic) bond motifs is 1. The smallest absolute Gasteiger partial charge is 0.232 e. The van der Waals surface area contributed by atoms with E-state index in [0.29, 0.717) is 28.1 Å². The van der Waals surface area contributed by atoms with Gasteiger partial charge in [-0.3, -0.25) is 4.55 Å². The Morgan fingerprint density at radius 3 is 2.60 bits per heavy atom. The summed E-state index contributed by atoms with van der Waals surface area (Å²) in [5.74, 6) is 0.441. The molecule has 0 fully saturated rings. The molecule has 3 rings (SSSR count). The van der Waals surface area contributed by atoms with Gasteiger partial charge in [0.05, 0.1) is 19.7 Å². The van der Waals surface area contributed by atoms with Crippen LogP contribution < -0.4 is 14.2 Å². The predicted molar refractivity (Wildman–Crippen MR) is 89.5 cm³/mol. The first-order valence-electron chi connectivity index (χ1n) is 7.14. The van der Waals surface area contributed by atoms with Gasteiger partial charge in [0.2, 0.25) is 11.3 Å². The lowest BCUT2D eigenvalue weighted by atomic mass is 10.2. The Labute approximate surface area is 145 Å². The molecule has 0 spiro atoms. The van der Waals surface area contributed by atoms with Gasteiger partial charge in [0.15, 0.2) is 11.5 Å². The van der Waals surface area contributed by atoms with Crippen molar-refractivity contribution >= 4 is 22.3 Å². The molecule has 2 N–H and O–H groups in total. The lowest BCUT2D eigenvalue weighted by Gasteiger charge is -2.09. The van der Waals surface area contributed by atoms with Crippen LogP contribution in [0.5, 0.6) is 11.5 Å². The lowest BCUT2D eigenvalue weighted by molar-refractivity contribution is 0.355. The van der Waals surface area contributed by atoms with Gasteiger partial charge in [-0.05, 0) is 17.7 Å². The summed E-state index contributed by atoms with van der Waals surface area (Å²) in [7, 11) is 3.02. The van der Waals surface area contributed by atoms with Crippen molar-refractivity contribution in [2.75, 3.05) is 14.2 Å². The van der Waals surface area contributed by atoms with E-state index >= 15 is 0 Å². The summed E-state index contributed by atoms with van der Waals surface area (Å²) in [5.41, 5.74) is 1.80. The fraction of sp³-hybridized carbons (Fsp3) is 0.200. The van der Waals surface area contributed by atoms with E-state index < -0.39 is 17.1 Å². The van der Waals surface area contributed by atoms with E-state index in [2.05, 4.69) is 15.0 Å². The van der Waals surface area contributed by atoms with Crippen molar-refractivity contribution in [3.05, 3.63) is 41.7 Å². The van der Waals surface area contributed by atoms with E-state index in [1.807, 2.05) is 0 Å². The zero-order valence-electron chi connectivity index (χ0n) is 13.4. The van der Waals surface area contributed by atoms with Crippen LogP contribution in [0, 0.1) is 5.82 Å². The highest BCUT2D eigenvalue weighted by Crippen LogP contribution is 2.32. The monoisotopic (exact) mass is 366 g/mol. The van der Waals surface area contributed by atoms with Crippen molar-refractivity contribution in [1.82, 2.24) is 19.7 Å². The van der Waals surface area contributed by atoms with Gasteiger partial charge in [-0.2, -0.15) is 0 Å². The second-order valence-electron chi connectivity index (χ2n) is 5.05. The van der Waals surface area contributed by atoms with E-state index in [0.717, 1.165) is 0 Å². The molecule has 1 heterocycles. The fourth-order valence-corrected chi connectivity index (χ4v) is 2.69. The minimum Gasteiger partial charge on any atom is -0.493 e. The van der Waals surface area contributed by atoms with E-state index in [1.54, 1.807) is 18.2 Å². The van der Waals surface area contributed by atoms with Crippen molar-refractivity contribution in [2.24, 2.45) is 0 Å². The number of methoxy groups -OCH3 is 2. The molecule has 0 radical (unpaired) electrons. The predicted octanol–water partition coefficient (Wildman–Crippen LogP) is 1.80. The molecule has 1 unspecified atom stereocenters. The van der Waals surface area contributed by atoms with Crippen LogP contribution in [0.25, 0.3) is 16.7 Å². The van der Waals surface area contributed by atoms with Crippen molar-refractivity contribution in [2.45, 2.75) is 6.54 Å². The molecule has 8 nitrogen and oxygen atoms in total. The summed E-state index contributed by atoms with van der Waals surface area (Å²) in [6, 6.07) is 7.75. The molecule has 0 aliphatic carbocycles. The maximum atomic E-state index is 14.5. The van der Waals surface area contributed by atoms with Gasteiger partial charge in [-0.25, -0.2) is 18.0 Å². The van der Waals surface area contributed by atoms with Gasteiger partial charge in [0.25, 0.3) is 0 Å². The Balaban J connectivity index is 2.03. The molecular formula is C15H15FN4O4S. The Kier molecular flexibility index (Phi) is 4.93. The third-order valence-electron chi connectivity index (χ3n) is 3.59. The minimum atomic E-state index is -2.16. The third kappa shape index (κ3) is 3.45. The Morgan fingerprint density at radius 2 is 1.96 bits per heavy atom. The second kappa shape index (κ2) is 7.13. The average molecular weight is 366 g/mol. The summed E-state index contributed by atoms with van der Waals surface area (Å²) in [6.07, 6.45) is 0. The fourth-order valence-electron chi connectivity index (χ4n) is 2.40. The minimum absolute atomic E-state index is 0.0590. The topological polar surface area (TPSA) is 98.5 Å². The van der Waals surface area contributed by atoms with Crippen LogP contribution in [0.4, 0.5) is 4.39 Å². The highest BCUT2D eigenvalue weighted by Gasteiger charge is 2.15. The van der Waals surface area contributed by atoms with E-state index in [1.165, 1.54) is 31.0 Å². The molecule has 0 saturated heterocycles. The number of halogens is 1. The number of aromatic nitrogens is 3. The first-order chi connectivity index (χ1) is 12.0. The van der Waals surface area contributed by atoms with E-state index in [9.17, 15) is 8.60 Å². The summed E-state index contributed by atoms with van der Waals surface area (Å²) < 4.78 is 48.0. The number of hydrogen-bond acceptors (Lipinski definition) is 5. The van der Waals surface area contributed by atoms with E-state index in [-0.39, 0.29) is 12.2 Å². The summed E-state index contributed by atoms with van der Waals surface area (Å²) in [5, 5.41) is 8.02. The zero-order valence-corrected chi connectivity index (χ0v) is 14.2. The van der Waals surface area contributed by atoms with Crippen molar-refractivity contribution in [1.29, 1.82) is 0 Å². The number of benzene rings is 2. The molecule has 132 valence electrons. The number of hydrogen-bond donors (Lipinski definition) is 2. The SMILES string of the molecule is COc1cc2nnn(-c3ccc(CNS(=O)O)cc3F)c2cc1OC. The molecule has 10 heteroatoms. The maximum absolute atomic E-state index is 14.5. The summed E-state index contributed by atoms with van der Waals surface area (Å²) in [4.78, 5) is 0. The van der Waals surface area contributed by atoms with Gasteiger partial charge in [0.1, 0.15) is 17.0 Å². The number of nitrogens with zero attached hydrogens (tertiary/aromatic N) is 3. The van der Waals surface area contributed by atoms with Crippen LogP contribution in [0.3, 0.4) is 0 Å². The lowest BCUT2D eigenvalue weighted by Crippen LogP contribution is -2.15. The standard InChI is InChI=1S/C15H15FN4O4S/c1-23-14-6-11-13(7-15(14)24-2)20(19-18-11)12-4-3-9(5-10(12)16)8-17-25(21)22/h3-7,17H,8H2,1-2H3,(H,21,22). The van der Waals surface area contributed by atoms with Gasteiger partial charge in [-0.15, -0.1) is 5.10 Å². The van der Waals surface area contributed by atoms with Crippen molar-refractivity contribution in [3.63, 3.8) is 0 Å². The Hall–Kier alpha value is -2.56. The van der Waals surface area contributed by atoms with Crippen LogP contribution >= 0.6 is 0 Å². The van der Waals surface area contributed by atoms with Crippen LogP contribution in [0.2, 0.25) is 0 Å². The van der Waals surface area contributed by atoms with Crippen molar-refractivity contribution < 1.29 is 22.6 Å². The molecule has 0 aliphatic heterocycles. The molecular weight excluding hydrogens is 351 g/mol. The third-order valence-corrected chi connectivity index (χ3v) is 3.98.